The van der Waals surface area contributed by atoms with Gasteiger partial charge in [-0.3, -0.25) is 4.90 Å². The number of hydrogen-bond donors (Lipinski definition) is 1. The molecule has 7 heteroatoms. The van der Waals surface area contributed by atoms with Crippen molar-refractivity contribution >= 4 is 27.4 Å². The molecule has 0 spiro atoms. The maximum atomic E-state index is 11.7. The van der Waals surface area contributed by atoms with Gasteiger partial charge in [0.1, 0.15) is 11.1 Å². The molecule has 1 N–H and O–H groups in total. The van der Waals surface area contributed by atoms with E-state index in [9.17, 15) is 4.79 Å². The number of rotatable bonds is 3. The molecule has 0 saturated carbocycles. The zero-order valence-electron chi connectivity index (χ0n) is 10.4. The molecule has 0 aromatic carbocycles. The van der Waals surface area contributed by atoms with Crippen molar-refractivity contribution in [3.63, 3.8) is 0 Å². The van der Waals surface area contributed by atoms with Crippen molar-refractivity contribution in [1.82, 2.24) is 0 Å². The monoisotopic (exact) mass is 284 g/mol. The third kappa shape index (κ3) is 2.54. The SMILES string of the molecule is O=C1O[C@@H](CO)CN1c1ccc(N2CCOCC2)s1. The molecule has 6 nitrogen and oxygen atoms in total. The molecule has 0 unspecified atom stereocenters. The van der Waals surface area contributed by atoms with E-state index in [4.69, 9.17) is 14.6 Å². The van der Waals surface area contributed by atoms with E-state index < -0.39 is 6.10 Å². The highest BCUT2D eigenvalue weighted by atomic mass is 32.1. The first kappa shape index (κ1) is 12.7. The van der Waals surface area contributed by atoms with Crippen LogP contribution in [0.1, 0.15) is 0 Å². The largest absolute Gasteiger partial charge is 0.441 e. The summed E-state index contributed by atoms with van der Waals surface area (Å²) in [6, 6.07) is 3.95. The highest BCUT2D eigenvalue weighted by molar-refractivity contribution is 7.20. The van der Waals surface area contributed by atoms with Gasteiger partial charge in [-0.2, -0.15) is 0 Å². The van der Waals surface area contributed by atoms with Gasteiger partial charge in [-0.15, -0.1) is 11.3 Å². The summed E-state index contributed by atoms with van der Waals surface area (Å²) in [5.74, 6) is 0. The van der Waals surface area contributed by atoms with Crippen molar-refractivity contribution in [3.8, 4) is 0 Å². The number of cyclic esters (lactones) is 1. The fraction of sp³-hybridized carbons (Fsp3) is 0.583. The molecule has 2 aliphatic rings. The molecule has 2 aliphatic heterocycles. The number of anilines is 2. The molecule has 2 saturated heterocycles. The van der Waals surface area contributed by atoms with Crippen molar-refractivity contribution in [2.75, 3.05) is 49.3 Å². The Hall–Kier alpha value is -1.31. The summed E-state index contributed by atoms with van der Waals surface area (Å²) in [5.41, 5.74) is 0. The second-order valence-corrected chi connectivity index (χ2v) is 5.55. The minimum absolute atomic E-state index is 0.135. The molecule has 104 valence electrons. The Morgan fingerprint density at radius 1 is 1.32 bits per heavy atom. The Bertz CT molecular complexity index is 458. The van der Waals surface area contributed by atoms with Gasteiger partial charge in [0.15, 0.2) is 0 Å². The van der Waals surface area contributed by atoms with Gasteiger partial charge in [-0.25, -0.2) is 4.79 Å². The van der Waals surface area contributed by atoms with Gasteiger partial charge in [0.25, 0.3) is 0 Å². The lowest BCUT2D eigenvalue weighted by molar-refractivity contribution is 0.0963. The van der Waals surface area contributed by atoms with E-state index in [1.165, 1.54) is 0 Å². The van der Waals surface area contributed by atoms with Crippen LogP contribution in [0.5, 0.6) is 0 Å². The predicted octanol–water partition coefficient (Wildman–Crippen LogP) is 0.902. The number of carbonyl (C=O) groups is 1. The number of morpholine rings is 1. The van der Waals surface area contributed by atoms with Gasteiger partial charge in [-0.05, 0) is 12.1 Å². The molecule has 2 fully saturated rings. The standard InChI is InChI=1S/C12H16N2O4S/c15-8-9-7-14(12(16)18-9)11-2-1-10(19-11)13-3-5-17-6-4-13/h1-2,9,15H,3-8H2/t9-/m1/s1. The summed E-state index contributed by atoms with van der Waals surface area (Å²) in [4.78, 5) is 15.5. The van der Waals surface area contributed by atoms with Crippen LogP contribution < -0.4 is 9.80 Å². The lowest BCUT2D eigenvalue weighted by Gasteiger charge is -2.27. The highest BCUT2D eigenvalue weighted by Crippen LogP contribution is 2.35. The van der Waals surface area contributed by atoms with Crippen molar-refractivity contribution in [1.29, 1.82) is 0 Å². The van der Waals surface area contributed by atoms with E-state index in [1.807, 2.05) is 12.1 Å². The van der Waals surface area contributed by atoms with Crippen LogP contribution in [0.2, 0.25) is 0 Å². The summed E-state index contributed by atoms with van der Waals surface area (Å²) < 4.78 is 10.4. The molecule has 1 amide bonds. The topological polar surface area (TPSA) is 62.2 Å². The highest BCUT2D eigenvalue weighted by Gasteiger charge is 2.32. The summed E-state index contributed by atoms with van der Waals surface area (Å²) in [7, 11) is 0. The van der Waals surface area contributed by atoms with Crippen LogP contribution in [0.4, 0.5) is 14.8 Å². The Kier molecular flexibility index (Phi) is 3.58. The van der Waals surface area contributed by atoms with Gasteiger partial charge in [0.05, 0.1) is 31.4 Å². The molecule has 3 heterocycles. The lowest BCUT2D eigenvalue weighted by atomic mass is 10.4. The number of carbonyl (C=O) groups excluding carboxylic acids is 1. The van der Waals surface area contributed by atoms with Crippen LogP contribution in [0.15, 0.2) is 12.1 Å². The predicted molar refractivity (Wildman–Crippen MR) is 72.1 cm³/mol. The maximum Gasteiger partial charge on any atom is 0.415 e. The van der Waals surface area contributed by atoms with E-state index in [2.05, 4.69) is 4.90 Å². The molecule has 3 rings (SSSR count). The number of thiophene rings is 1. The number of aliphatic hydroxyl groups is 1. The third-order valence-electron chi connectivity index (χ3n) is 3.24. The van der Waals surface area contributed by atoms with Crippen molar-refractivity contribution < 1.29 is 19.4 Å². The van der Waals surface area contributed by atoms with Gasteiger partial charge >= 0.3 is 6.09 Å². The molecular weight excluding hydrogens is 268 g/mol. The van der Waals surface area contributed by atoms with Crippen molar-refractivity contribution in [3.05, 3.63) is 12.1 Å². The number of hydrogen-bond acceptors (Lipinski definition) is 6. The zero-order chi connectivity index (χ0) is 13.2. The Labute approximate surface area is 115 Å². The normalized spacial score (nSPS) is 23.8. The quantitative estimate of drug-likeness (QED) is 0.893. The summed E-state index contributed by atoms with van der Waals surface area (Å²) in [6.07, 6.45) is -0.795. The van der Waals surface area contributed by atoms with E-state index in [1.54, 1.807) is 16.2 Å². The Morgan fingerprint density at radius 2 is 2.05 bits per heavy atom. The van der Waals surface area contributed by atoms with E-state index in [0.29, 0.717) is 6.54 Å². The van der Waals surface area contributed by atoms with E-state index in [0.717, 1.165) is 36.3 Å². The molecule has 1 aromatic heterocycles. The zero-order valence-corrected chi connectivity index (χ0v) is 11.3. The molecule has 1 atom stereocenters. The fourth-order valence-electron chi connectivity index (χ4n) is 2.21. The van der Waals surface area contributed by atoms with Gasteiger partial charge in [0, 0.05) is 13.1 Å². The summed E-state index contributed by atoms with van der Waals surface area (Å²) in [6.45, 7) is 3.52. The fourth-order valence-corrected chi connectivity index (χ4v) is 3.27. The summed E-state index contributed by atoms with van der Waals surface area (Å²) >= 11 is 1.57. The Balaban J connectivity index is 1.72. The first-order chi connectivity index (χ1) is 9.28. The van der Waals surface area contributed by atoms with Crippen LogP contribution in [0.3, 0.4) is 0 Å². The molecule has 19 heavy (non-hydrogen) atoms. The maximum absolute atomic E-state index is 11.7. The first-order valence-electron chi connectivity index (χ1n) is 6.29. The lowest BCUT2D eigenvalue weighted by Crippen LogP contribution is -2.35. The van der Waals surface area contributed by atoms with Crippen LogP contribution >= 0.6 is 11.3 Å². The number of nitrogens with zero attached hydrogens (tertiary/aromatic N) is 2. The van der Waals surface area contributed by atoms with E-state index >= 15 is 0 Å². The minimum Gasteiger partial charge on any atom is -0.441 e. The summed E-state index contributed by atoms with van der Waals surface area (Å²) in [5, 5.41) is 11.0. The molecule has 0 aliphatic carbocycles. The van der Waals surface area contributed by atoms with Crippen LogP contribution in [0.25, 0.3) is 0 Å². The molecular formula is C12H16N2O4S. The van der Waals surface area contributed by atoms with Gasteiger partial charge < -0.3 is 19.5 Å². The minimum atomic E-state index is -0.415. The number of amides is 1. The number of ether oxygens (including phenoxy) is 2. The second kappa shape index (κ2) is 5.36. The average molecular weight is 284 g/mol. The smallest absolute Gasteiger partial charge is 0.415 e. The average Bonchev–Trinajstić information content (AvgIpc) is 3.06. The second-order valence-electron chi connectivity index (χ2n) is 4.51. The molecule has 0 bridgehead atoms. The van der Waals surface area contributed by atoms with Gasteiger partial charge in [0.2, 0.25) is 0 Å². The van der Waals surface area contributed by atoms with Crippen LogP contribution in [-0.2, 0) is 9.47 Å². The first-order valence-corrected chi connectivity index (χ1v) is 7.11. The third-order valence-corrected chi connectivity index (χ3v) is 4.41. The van der Waals surface area contributed by atoms with Crippen LogP contribution in [0, 0.1) is 0 Å². The Morgan fingerprint density at radius 3 is 2.74 bits per heavy atom. The molecule has 1 aromatic rings. The van der Waals surface area contributed by atoms with Crippen molar-refractivity contribution in [2.24, 2.45) is 0 Å². The van der Waals surface area contributed by atoms with Gasteiger partial charge in [-0.1, -0.05) is 0 Å². The number of aliphatic hydroxyl groups excluding tert-OH is 1. The van der Waals surface area contributed by atoms with E-state index in [-0.39, 0.29) is 12.7 Å². The van der Waals surface area contributed by atoms with Crippen molar-refractivity contribution in [2.45, 2.75) is 6.10 Å². The molecule has 0 radical (unpaired) electrons. The van der Waals surface area contributed by atoms with Crippen LogP contribution in [-0.4, -0.2) is 56.8 Å².